The molecule has 1 atom stereocenters. The molecule has 8 heteroatoms. The summed E-state index contributed by atoms with van der Waals surface area (Å²) in [6, 6.07) is -0.0705. The quantitative estimate of drug-likeness (QED) is 0.919. The Balaban J connectivity index is 2.29. The lowest BCUT2D eigenvalue weighted by atomic mass is 10.3. The summed E-state index contributed by atoms with van der Waals surface area (Å²) in [7, 11) is 1.87. The van der Waals surface area contributed by atoms with Crippen LogP contribution in [0, 0.1) is 0 Å². The topological polar surface area (TPSA) is 77.6 Å². The number of halogens is 1. The molecule has 7 nitrogen and oxygen atoms in total. The molecule has 108 valence electrons. The monoisotopic (exact) mass is 340 g/mol. The van der Waals surface area contributed by atoms with Crippen LogP contribution in [-0.2, 0) is 7.05 Å². The zero-order valence-corrected chi connectivity index (χ0v) is 13.4. The molecule has 0 aromatic carbocycles. The van der Waals surface area contributed by atoms with Gasteiger partial charge in [-0.15, -0.1) is 10.2 Å². The largest absolute Gasteiger partial charge is 0.373 e. The summed E-state index contributed by atoms with van der Waals surface area (Å²) < 4.78 is 3.73. The van der Waals surface area contributed by atoms with Gasteiger partial charge in [0.15, 0.2) is 5.82 Å². The van der Waals surface area contributed by atoms with E-state index in [1.165, 1.54) is 4.68 Å². The zero-order valence-electron chi connectivity index (χ0n) is 11.8. The Labute approximate surface area is 125 Å². The van der Waals surface area contributed by atoms with Crippen molar-refractivity contribution in [1.29, 1.82) is 0 Å². The van der Waals surface area contributed by atoms with Crippen molar-refractivity contribution in [2.45, 2.75) is 32.9 Å². The first-order chi connectivity index (χ1) is 9.41. The molecule has 1 N–H and O–H groups in total. The first-order valence-corrected chi connectivity index (χ1v) is 7.09. The van der Waals surface area contributed by atoms with Gasteiger partial charge < -0.3 is 9.88 Å². The lowest BCUT2D eigenvalue weighted by molar-refractivity contribution is 0.500. The van der Waals surface area contributed by atoms with Gasteiger partial charge in [0, 0.05) is 7.05 Å². The summed E-state index contributed by atoms with van der Waals surface area (Å²) in [6.45, 7) is 5.77. The molecule has 0 aliphatic heterocycles. The van der Waals surface area contributed by atoms with Crippen LogP contribution in [0.5, 0.6) is 0 Å². The zero-order chi connectivity index (χ0) is 14.9. The number of nitrogens with one attached hydrogen (secondary N) is 1. The van der Waals surface area contributed by atoms with Gasteiger partial charge in [-0.05, 0) is 36.7 Å². The first kappa shape index (κ1) is 14.7. The average Bonchev–Trinajstić information content (AvgIpc) is 2.81. The number of hydrogen-bond donors (Lipinski definition) is 1. The van der Waals surface area contributed by atoms with Crippen LogP contribution in [0.3, 0.4) is 0 Å². The van der Waals surface area contributed by atoms with Crippen LogP contribution in [0.15, 0.2) is 21.8 Å². The minimum Gasteiger partial charge on any atom is -0.373 e. The van der Waals surface area contributed by atoms with Gasteiger partial charge in [-0.1, -0.05) is 0 Å². The molecule has 0 aliphatic carbocycles. The number of nitrogens with zero attached hydrogens (tertiary/aromatic N) is 5. The second kappa shape index (κ2) is 5.74. The Morgan fingerprint density at radius 1 is 1.35 bits per heavy atom. The number of aromatic nitrogens is 5. The van der Waals surface area contributed by atoms with E-state index in [2.05, 4.69) is 36.5 Å². The minimum absolute atomic E-state index is 0.0176. The van der Waals surface area contributed by atoms with Crippen LogP contribution in [0.2, 0.25) is 0 Å². The summed E-state index contributed by atoms with van der Waals surface area (Å²) >= 11 is 3.33. The van der Waals surface area contributed by atoms with E-state index in [-0.39, 0.29) is 17.6 Å². The maximum absolute atomic E-state index is 12.1. The molecule has 2 aromatic heterocycles. The van der Waals surface area contributed by atoms with Crippen LogP contribution in [-0.4, -0.2) is 24.5 Å². The molecular weight excluding hydrogens is 324 g/mol. The van der Waals surface area contributed by atoms with Gasteiger partial charge in [-0.3, -0.25) is 4.79 Å². The predicted octanol–water partition coefficient (Wildman–Crippen LogP) is 1.89. The maximum atomic E-state index is 12.1. The van der Waals surface area contributed by atoms with E-state index in [0.29, 0.717) is 10.2 Å². The van der Waals surface area contributed by atoms with Crippen molar-refractivity contribution in [2.24, 2.45) is 7.05 Å². The average molecular weight is 341 g/mol. The molecule has 0 radical (unpaired) electrons. The second-order valence-corrected chi connectivity index (χ2v) is 5.67. The fourth-order valence-electron chi connectivity index (χ4n) is 1.90. The van der Waals surface area contributed by atoms with Gasteiger partial charge in [0.2, 0.25) is 0 Å². The molecular formula is C12H17BrN6O. The number of hydrogen-bond acceptors (Lipinski definition) is 5. The molecule has 0 bridgehead atoms. The molecule has 0 spiro atoms. The molecule has 20 heavy (non-hydrogen) atoms. The maximum Gasteiger partial charge on any atom is 0.283 e. The number of aryl methyl sites for hydroxylation is 1. The van der Waals surface area contributed by atoms with Gasteiger partial charge in [0.25, 0.3) is 5.56 Å². The summed E-state index contributed by atoms with van der Waals surface area (Å²) in [5, 5.41) is 15.3. The van der Waals surface area contributed by atoms with E-state index in [1.807, 2.05) is 32.4 Å². The summed E-state index contributed by atoms with van der Waals surface area (Å²) in [5.41, 5.74) is 0.484. The highest BCUT2D eigenvalue weighted by Crippen LogP contribution is 2.22. The van der Waals surface area contributed by atoms with Gasteiger partial charge >= 0.3 is 0 Å². The molecule has 0 saturated heterocycles. The highest BCUT2D eigenvalue weighted by Gasteiger charge is 2.16. The third-order valence-corrected chi connectivity index (χ3v) is 3.70. The Kier molecular flexibility index (Phi) is 4.22. The van der Waals surface area contributed by atoms with Crippen molar-refractivity contribution < 1.29 is 0 Å². The van der Waals surface area contributed by atoms with E-state index >= 15 is 0 Å². The normalized spacial score (nSPS) is 12.7. The standard InChI is InChI=1S/C12H17BrN6O/c1-7(2)19-12(20)10(13)9(5-15-19)16-8(3)11-17-14-6-18(11)4/h5-8,16H,1-4H3. The predicted molar refractivity (Wildman–Crippen MR) is 79.6 cm³/mol. The molecule has 2 aromatic rings. The molecule has 1 unspecified atom stereocenters. The summed E-state index contributed by atoms with van der Waals surface area (Å²) in [4.78, 5) is 12.1. The van der Waals surface area contributed by atoms with Gasteiger partial charge in [0.05, 0.1) is 24.0 Å². The molecule has 0 fully saturated rings. The molecule has 0 aliphatic rings. The Morgan fingerprint density at radius 3 is 2.60 bits per heavy atom. The van der Waals surface area contributed by atoms with E-state index in [0.717, 1.165) is 5.82 Å². The van der Waals surface area contributed by atoms with E-state index in [9.17, 15) is 4.79 Å². The van der Waals surface area contributed by atoms with Crippen LogP contribution >= 0.6 is 15.9 Å². The highest BCUT2D eigenvalue weighted by atomic mass is 79.9. The van der Waals surface area contributed by atoms with Crippen LogP contribution in [0.1, 0.15) is 38.7 Å². The minimum atomic E-state index is -0.157. The Bertz CT molecular complexity index is 662. The third-order valence-electron chi connectivity index (χ3n) is 2.94. The fraction of sp³-hybridized carbons (Fsp3) is 0.500. The molecule has 2 heterocycles. The van der Waals surface area contributed by atoms with Crippen LogP contribution < -0.4 is 10.9 Å². The van der Waals surface area contributed by atoms with Crippen molar-refractivity contribution in [3.63, 3.8) is 0 Å². The summed E-state index contributed by atoms with van der Waals surface area (Å²) in [6.07, 6.45) is 3.27. The number of anilines is 1. The smallest absolute Gasteiger partial charge is 0.283 e. The fourth-order valence-corrected chi connectivity index (χ4v) is 2.29. The summed E-state index contributed by atoms with van der Waals surface area (Å²) in [5.74, 6) is 0.782. The molecule has 2 rings (SSSR count). The van der Waals surface area contributed by atoms with Gasteiger partial charge in [-0.25, -0.2) is 4.68 Å². The van der Waals surface area contributed by atoms with Gasteiger partial charge in [0.1, 0.15) is 10.8 Å². The van der Waals surface area contributed by atoms with Crippen molar-refractivity contribution in [3.05, 3.63) is 33.2 Å². The third kappa shape index (κ3) is 2.74. The van der Waals surface area contributed by atoms with Crippen LogP contribution in [0.4, 0.5) is 5.69 Å². The van der Waals surface area contributed by atoms with E-state index < -0.39 is 0 Å². The second-order valence-electron chi connectivity index (χ2n) is 4.88. The number of rotatable bonds is 4. The lowest BCUT2D eigenvalue weighted by Crippen LogP contribution is -2.26. The van der Waals surface area contributed by atoms with E-state index in [1.54, 1.807) is 12.5 Å². The first-order valence-electron chi connectivity index (χ1n) is 6.29. The lowest BCUT2D eigenvalue weighted by Gasteiger charge is -2.16. The SMILES string of the molecule is CC(Nc1cnn(C(C)C)c(=O)c1Br)c1nncn1C. The van der Waals surface area contributed by atoms with E-state index in [4.69, 9.17) is 0 Å². The molecule has 0 saturated carbocycles. The van der Waals surface area contributed by atoms with Crippen LogP contribution in [0.25, 0.3) is 0 Å². The van der Waals surface area contributed by atoms with Crippen molar-refractivity contribution in [3.8, 4) is 0 Å². The van der Waals surface area contributed by atoms with Crippen molar-refractivity contribution in [2.75, 3.05) is 5.32 Å². The Morgan fingerprint density at radius 2 is 2.05 bits per heavy atom. The Hall–Kier alpha value is -1.70. The van der Waals surface area contributed by atoms with Gasteiger partial charge in [-0.2, -0.15) is 5.10 Å². The van der Waals surface area contributed by atoms with Crippen molar-refractivity contribution in [1.82, 2.24) is 24.5 Å². The van der Waals surface area contributed by atoms with Crippen molar-refractivity contribution >= 4 is 21.6 Å². The molecule has 0 amide bonds. The highest BCUT2D eigenvalue weighted by molar-refractivity contribution is 9.10.